The van der Waals surface area contributed by atoms with Gasteiger partial charge < -0.3 is 28.8 Å². The third kappa shape index (κ3) is 8.60. The van der Waals surface area contributed by atoms with Crippen molar-refractivity contribution in [1.29, 1.82) is 0 Å². The zero-order valence-electron chi connectivity index (χ0n) is 21.8. The molecular weight excluding hydrogens is 480 g/mol. The van der Waals surface area contributed by atoms with Gasteiger partial charge in [0.25, 0.3) is 0 Å². The van der Waals surface area contributed by atoms with Crippen LogP contribution in [-0.2, 0) is 43.5 Å². The number of ether oxygens (including phenoxy) is 5. The summed E-state index contributed by atoms with van der Waals surface area (Å²) in [4.78, 5) is 0. The van der Waals surface area contributed by atoms with Crippen LogP contribution >= 0.6 is 0 Å². The first-order valence-electron chi connectivity index (χ1n) is 13.2. The summed E-state index contributed by atoms with van der Waals surface area (Å²) >= 11 is 0. The number of benzene rings is 3. The summed E-state index contributed by atoms with van der Waals surface area (Å²) in [5.74, 6) is 0. The zero-order valence-corrected chi connectivity index (χ0v) is 21.8. The van der Waals surface area contributed by atoms with Crippen molar-refractivity contribution in [1.82, 2.24) is 0 Å². The Bertz CT molecular complexity index is 1050. The predicted molar refractivity (Wildman–Crippen MR) is 146 cm³/mol. The van der Waals surface area contributed by atoms with Crippen molar-refractivity contribution in [3.63, 3.8) is 0 Å². The lowest BCUT2D eigenvalue weighted by Crippen LogP contribution is -2.61. The smallest absolute Gasteiger partial charge is 0.186 e. The molecule has 5 atom stereocenters. The molecule has 38 heavy (non-hydrogen) atoms. The van der Waals surface area contributed by atoms with Crippen LogP contribution in [0, 0.1) is 0 Å². The van der Waals surface area contributed by atoms with Gasteiger partial charge in [0.1, 0.15) is 24.4 Å². The highest BCUT2D eigenvalue weighted by Crippen LogP contribution is 2.29. The Hall–Kier alpha value is -2.84. The summed E-state index contributed by atoms with van der Waals surface area (Å²) in [6.07, 6.45) is -0.189. The van der Waals surface area contributed by atoms with Gasteiger partial charge in [0, 0.05) is 0 Å². The van der Waals surface area contributed by atoms with E-state index in [4.69, 9.17) is 23.7 Å². The van der Waals surface area contributed by atoms with Gasteiger partial charge in [-0.1, -0.05) is 97.1 Å². The average Bonchev–Trinajstić information content (AvgIpc) is 2.96. The highest BCUT2D eigenvalue weighted by atomic mass is 16.7. The molecule has 0 aromatic heterocycles. The van der Waals surface area contributed by atoms with E-state index in [-0.39, 0.29) is 6.61 Å². The lowest BCUT2D eigenvalue weighted by molar-refractivity contribution is -0.319. The van der Waals surface area contributed by atoms with Crippen LogP contribution in [0.4, 0.5) is 0 Å². The van der Waals surface area contributed by atoms with Gasteiger partial charge in [0.2, 0.25) is 0 Å². The molecule has 1 N–H and O–H groups in total. The van der Waals surface area contributed by atoms with Crippen LogP contribution in [0.2, 0.25) is 0 Å². The number of hydrogen-bond acceptors (Lipinski definition) is 6. The molecule has 0 amide bonds. The first kappa shape index (κ1) is 28.2. The molecule has 1 saturated heterocycles. The van der Waals surface area contributed by atoms with Crippen LogP contribution < -0.4 is 0 Å². The van der Waals surface area contributed by atoms with Crippen LogP contribution in [0.25, 0.3) is 0 Å². The van der Waals surface area contributed by atoms with Crippen molar-refractivity contribution in [3.05, 3.63) is 120 Å². The van der Waals surface area contributed by atoms with E-state index in [0.717, 1.165) is 29.5 Å². The SMILES string of the molecule is C=CCCCOC1OC(COCc2ccccc2)C(OCc2ccccc2)C(OCc2ccccc2)C1O. The monoisotopic (exact) mass is 518 g/mol. The van der Waals surface area contributed by atoms with Gasteiger partial charge in [-0.05, 0) is 29.5 Å². The Morgan fingerprint density at radius 1 is 0.711 bits per heavy atom. The number of aliphatic hydroxyl groups excluding tert-OH is 1. The molecule has 1 aliphatic heterocycles. The third-order valence-electron chi connectivity index (χ3n) is 6.41. The Balaban J connectivity index is 1.50. The zero-order chi connectivity index (χ0) is 26.4. The lowest BCUT2D eigenvalue weighted by Gasteiger charge is -2.44. The van der Waals surface area contributed by atoms with Gasteiger partial charge in [-0.3, -0.25) is 0 Å². The van der Waals surface area contributed by atoms with Gasteiger partial charge in [0.15, 0.2) is 6.29 Å². The Morgan fingerprint density at radius 2 is 1.24 bits per heavy atom. The molecule has 3 aromatic rings. The molecule has 1 aliphatic rings. The largest absolute Gasteiger partial charge is 0.385 e. The Labute approximate surface area is 225 Å². The minimum absolute atomic E-state index is 0.263. The second-order valence-electron chi connectivity index (χ2n) is 9.36. The molecule has 4 rings (SSSR count). The van der Waals surface area contributed by atoms with E-state index < -0.39 is 30.7 Å². The highest BCUT2D eigenvalue weighted by molar-refractivity contribution is 5.15. The minimum atomic E-state index is -1.03. The highest BCUT2D eigenvalue weighted by Gasteiger charge is 2.47. The third-order valence-corrected chi connectivity index (χ3v) is 6.41. The molecule has 0 bridgehead atoms. The number of rotatable bonds is 15. The summed E-state index contributed by atoms with van der Waals surface area (Å²) in [6.45, 7) is 5.58. The first-order valence-corrected chi connectivity index (χ1v) is 13.2. The quantitative estimate of drug-likeness (QED) is 0.213. The second kappa shape index (κ2) is 15.5. The van der Waals surface area contributed by atoms with E-state index in [1.807, 2.05) is 97.1 Å². The van der Waals surface area contributed by atoms with Gasteiger partial charge >= 0.3 is 0 Å². The van der Waals surface area contributed by atoms with E-state index in [1.54, 1.807) is 0 Å². The summed E-state index contributed by atoms with van der Waals surface area (Å²) < 4.78 is 31.0. The fourth-order valence-electron chi connectivity index (χ4n) is 4.39. The molecule has 0 saturated carbocycles. The van der Waals surface area contributed by atoms with Crippen molar-refractivity contribution in [2.75, 3.05) is 13.2 Å². The van der Waals surface area contributed by atoms with E-state index in [2.05, 4.69) is 6.58 Å². The van der Waals surface area contributed by atoms with Crippen LogP contribution in [0.15, 0.2) is 104 Å². The fraction of sp³-hybridized carbons (Fsp3) is 0.375. The van der Waals surface area contributed by atoms with Gasteiger partial charge in [0.05, 0.1) is 33.0 Å². The van der Waals surface area contributed by atoms with Crippen molar-refractivity contribution in [2.45, 2.75) is 63.4 Å². The lowest BCUT2D eigenvalue weighted by atomic mass is 9.98. The standard InChI is InChI=1S/C32H38O6/c1-2-3-13-20-35-32-29(33)31(37-23-27-18-11-6-12-19-27)30(36-22-26-16-9-5-10-17-26)28(38-32)24-34-21-25-14-7-4-8-15-25/h2,4-12,14-19,28-33H,1,3,13,20-24H2. The van der Waals surface area contributed by atoms with E-state index >= 15 is 0 Å². The Morgan fingerprint density at radius 3 is 1.79 bits per heavy atom. The molecule has 6 nitrogen and oxygen atoms in total. The van der Waals surface area contributed by atoms with Crippen molar-refractivity contribution in [2.24, 2.45) is 0 Å². The van der Waals surface area contributed by atoms with Gasteiger partial charge in [-0.2, -0.15) is 0 Å². The van der Waals surface area contributed by atoms with Gasteiger partial charge in [-0.15, -0.1) is 6.58 Å². The van der Waals surface area contributed by atoms with Crippen LogP contribution in [0.1, 0.15) is 29.5 Å². The molecule has 6 heteroatoms. The molecule has 1 fully saturated rings. The first-order chi connectivity index (χ1) is 18.7. The van der Waals surface area contributed by atoms with Crippen LogP contribution in [0.5, 0.6) is 0 Å². The van der Waals surface area contributed by atoms with Crippen molar-refractivity contribution in [3.8, 4) is 0 Å². The maximum atomic E-state index is 11.3. The number of unbranched alkanes of at least 4 members (excludes halogenated alkanes) is 1. The summed E-state index contributed by atoms with van der Waals surface area (Å²) in [6, 6.07) is 29.8. The molecule has 5 unspecified atom stereocenters. The summed E-state index contributed by atoms with van der Waals surface area (Å²) in [5.41, 5.74) is 3.10. The maximum Gasteiger partial charge on any atom is 0.186 e. The normalized spacial score (nSPS) is 23.2. The molecule has 3 aromatic carbocycles. The minimum Gasteiger partial charge on any atom is -0.385 e. The van der Waals surface area contributed by atoms with Crippen molar-refractivity contribution < 1.29 is 28.8 Å². The van der Waals surface area contributed by atoms with E-state index in [0.29, 0.717) is 26.4 Å². The average molecular weight is 519 g/mol. The number of allylic oxidation sites excluding steroid dienone is 1. The molecule has 0 radical (unpaired) electrons. The number of aliphatic hydroxyl groups is 1. The van der Waals surface area contributed by atoms with Crippen molar-refractivity contribution >= 4 is 0 Å². The molecular formula is C32H38O6. The molecule has 0 aliphatic carbocycles. The summed E-state index contributed by atoms with van der Waals surface area (Å²) in [5, 5.41) is 11.3. The topological polar surface area (TPSA) is 66.4 Å². The van der Waals surface area contributed by atoms with E-state index in [9.17, 15) is 5.11 Å². The summed E-state index contributed by atoms with van der Waals surface area (Å²) in [7, 11) is 0. The fourth-order valence-corrected chi connectivity index (χ4v) is 4.39. The van der Waals surface area contributed by atoms with Crippen LogP contribution in [-0.4, -0.2) is 49.0 Å². The van der Waals surface area contributed by atoms with Gasteiger partial charge in [-0.25, -0.2) is 0 Å². The molecule has 202 valence electrons. The van der Waals surface area contributed by atoms with E-state index in [1.165, 1.54) is 0 Å². The second-order valence-corrected chi connectivity index (χ2v) is 9.36. The maximum absolute atomic E-state index is 11.3. The predicted octanol–water partition coefficient (Wildman–Crippen LogP) is 5.44. The molecule has 1 heterocycles. The number of hydrogen-bond donors (Lipinski definition) is 1. The molecule has 0 spiro atoms. The van der Waals surface area contributed by atoms with Crippen LogP contribution in [0.3, 0.4) is 0 Å². The Kier molecular flexibility index (Phi) is 11.5.